The topological polar surface area (TPSA) is 129 Å². The van der Waals surface area contributed by atoms with Crippen molar-refractivity contribution in [1.82, 2.24) is 34.9 Å². The molecule has 50 heavy (non-hydrogen) atoms. The average molecular weight is 671 g/mol. The van der Waals surface area contributed by atoms with Gasteiger partial charge in [0.05, 0.1) is 12.1 Å². The Balaban J connectivity index is 0.00000392. The number of H-pyrrole nitrogens is 1. The summed E-state index contributed by atoms with van der Waals surface area (Å²) in [6, 6.07) is 19.9. The number of hydrogen-bond donors (Lipinski definition) is 2. The summed E-state index contributed by atoms with van der Waals surface area (Å²) in [5.41, 5.74) is 6.79. The standard InChI is InChI=1S/C38H38N8O3.CH4/c1-49-38(37(48)42-30-9-10-32-31(22-30)35(44-43-32)29-11-17-39-33(21-29)27-5-6-27)14-20-45(24-38)23-34(47)46-18-12-26(13-19-46)25-3-7-28(8-4-25)36-40-15-2-16-41-36;/h2-4,7-12,15-17,21-22,27H,5-6,13-14,18-20,23-24H2,1H3,(H,42,48)(H,43,44);1H4/t38-;/m0./s1. The lowest BCUT2D eigenvalue weighted by molar-refractivity contribution is -0.138. The number of hydrogen-bond acceptors (Lipinski definition) is 8. The van der Waals surface area contributed by atoms with E-state index in [1.54, 1.807) is 25.6 Å². The summed E-state index contributed by atoms with van der Waals surface area (Å²) in [5, 5.41) is 11.7. The zero-order valence-corrected chi connectivity index (χ0v) is 27.4. The molecular weight excluding hydrogens is 628 g/mol. The number of aromatic amines is 1. The second-order valence-electron chi connectivity index (χ2n) is 13.2. The number of likely N-dealkylation sites (tertiary alicyclic amines) is 1. The van der Waals surface area contributed by atoms with Gasteiger partial charge >= 0.3 is 0 Å². The number of nitrogens with one attached hydrogen (secondary N) is 2. The average Bonchev–Trinajstić information content (AvgIpc) is 3.79. The molecule has 0 radical (unpaired) electrons. The van der Waals surface area contributed by atoms with Crippen molar-refractivity contribution in [3.63, 3.8) is 0 Å². The third-order valence-corrected chi connectivity index (χ3v) is 9.99. The Morgan fingerprint density at radius 3 is 2.50 bits per heavy atom. The predicted octanol–water partition coefficient (Wildman–Crippen LogP) is 5.94. The van der Waals surface area contributed by atoms with E-state index >= 15 is 0 Å². The third-order valence-electron chi connectivity index (χ3n) is 9.99. The van der Waals surface area contributed by atoms with Gasteiger partial charge in [0.2, 0.25) is 5.91 Å². The summed E-state index contributed by atoms with van der Waals surface area (Å²) in [5.74, 6) is 1.08. The van der Waals surface area contributed by atoms with Gasteiger partial charge in [0.15, 0.2) is 11.4 Å². The van der Waals surface area contributed by atoms with Gasteiger partial charge in [0.25, 0.3) is 5.91 Å². The highest BCUT2D eigenvalue weighted by molar-refractivity contribution is 6.01. The number of anilines is 1. The van der Waals surface area contributed by atoms with E-state index in [9.17, 15) is 9.59 Å². The Kier molecular flexibility index (Phi) is 9.26. The van der Waals surface area contributed by atoms with E-state index in [4.69, 9.17) is 4.74 Å². The minimum Gasteiger partial charge on any atom is -0.367 e. The molecule has 11 heteroatoms. The molecule has 11 nitrogen and oxygen atoms in total. The Morgan fingerprint density at radius 2 is 1.76 bits per heavy atom. The van der Waals surface area contributed by atoms with Crippen LogP contribution in [0.3, 0.4) is 0 Å². The lowest BCUT2D eigenvalue weighted by Crippen LogP contribution is -2.48. The summed E-state index contributed by atoms with van der Waals surface area (Å²) in [6.07, 6.45) is 11.1. The first-order valence-electron chi connectivity index (χ1n) is 16.9. The van der Waals surface area contributed by atoms with E-state index in [0.717, 1.165) is 45.4 Å². The first-order valence-corrected chi connectivity index (χ1v) is 16.9. The second-order valence-corrected chi connectivity index (χ2v) is 13.2. The Hall–Kier alpha value is -5.26. The predicted molar refractivity (Wildman–Crippen MR) is 194 cm³/mol. The van der Waals surface area contributed by atoms with Crippen LogP contribution in [0.2, 0.25) is 0 Å². The fraction of sp³-hybridized carbons (Fsp3) is 0.333. The molecule has 5 heterocycles. The number of pyridine rings is 1. The molecule has 2 fully saturated rings. The smallest absolute Gasteiger partial charge is 0.258 e. The van der Waals surface area contributed by atoms with Gasteiger partial charge in [-0.3, -0.25) is 24.6 Å². The van der Waals surface area contributed by atoms with E-state index in [1.807, 2.05) is 52.4 Å². The van der Waals surface area contributed by atoms with Crippen LogP contribution in [0.5, 0.6) is 0 Å². The maximum atomic E-state index is 13.7. The van der Waals surface area contributed by atoms with Crippen molar-refractivity contribution in [3.05, 3.63) is 96.6 Å². The first-order chi connectivity index (χ1) is 24.0. The molecule has 2 N–H and O–H groups in total. The van der Waals surface area contributed by atoms with E-state index in [2.05, 4.69) is 54.7 Å². The molecule has 2 amide bonds. The van der Waals surface area contributed by atoms with E-state index in [0.29, 0.717) is 50.0 Å². The minimum atomic E-state index is -1.05. The number of fused-ring (bicyclic) bond motifs is 1. The summed E-state index contributed by atoms with van der Waals surface area (Å²) < 4.78 is 5.88. The highest BCUT2D eigenvalue weighted by Crippen LogP contribution is 2.40. The molecule has 3 aromatic heterocycles. The minimum absolute atomic E-state index is 0. The molecule has 1 saturated carbocycles. The third kappa shape index (κ3) is 6.66. The monoisotopic (exact) mass is 670 g/mol. The van der Waals surface area contributed by atoms with Crippen molar-refractivity contribution < 1.29 is 14.3 Å². The highest BCUT2D eigenvalue weighted by Gasteiger charge is 2.45. The molecule has 0 spiro atoms. The van der Waals surface area contributed by atoms with Crippen LogP contribution in [0, 0.1) is 0 Å². The van der Waals surface area contributed by atoms with Crippen LogP contribution < -0.4 is 5.32 Å². The molecule has 256 valence electrons. The first kappa shape index (κ1) is 33.2. The number of benzene rings is 2. The number of nitrogens with zero attached hydrogens (tertiary/aromatic N) is 6. The fourth-order valence-corrected chi connectivity index (χ4v) is 6.92. The molecule has 1 aliphatic carbocycles. The van der Waals surface area contributed by atoms with Crippen LogP contribution in [-0.2, 0) is 14.3 Å². The van der Waals surface area contributed by atoms with Crippen molar-refractivity contribution in [2.75, 3.05) is 45.2 Å². The number of rotatable bonds is 9. The molecule has 8 rings (SSSR count). The largest absolute Gasteiger partial charge is 0.367 e. The van der Waals surface area contributed by atoms with Crippen LogP contribution >= 0.6 is 0 Å². The molecule has 0 unspecified atom stereocenters. The summed E-state index contributed by atoms with van der Waals surface area (Å²) in [4.78, 5) is 44.2. The van der Waals surface area contributed by atoms with Crippen molar-refractivity contribution in [2.45, 2.75) is 44.6 Å². The van der Waals surface area contributed by atoms with E-state index in [-0.39, 0.29) is 25.8 Å². The quantitative estimate of drug-likeness (QED) is 0.197. The van der Waals surface area contributed by atoms with Crippen LogP contribution in [0.4, 0.5) is 5.69 Å². The Bertz CT molecular complexity index is 2040. The highest BCUT2D eigenvalue weighted by atomic mass is 16.5. The maximum absolute atomic E-state index is 13.7. The van der Waals surface area contributed by atoms with Crippen molar-refractivity contribution in [2.24, 2.45) is 0 Å². The maximum Gasteiger partial charge on any atom is 0.258 e. The summed E-state index contributed by atoms with van der Waals surface area (Å²) in [7, 11) is 1.57. The normalized spacial score (nSPS) is 19.2. The number of carbonyl (C=O) groups excluding carboxylic acids is 2. The van der Waals surface area contributed by atoms with Gasteiger partial charge < -0.3 is 15.0 Å². The fourth-order valence-electron chi connectivity index (χ4n) is 6.92. The van der Waals surface area contributed by atoms with Crippen LogP contribution in [0.25, 0.3) is 39.1 Å². The molecule has 1 atom stereocenters. The van der Waals surface area contributed by atoms with E-state index < -0.39 is 5.60 Å². The molecule has 5 aromatic rings. The van der Waals surface area contributed by atoms with Gasteiger partial charge in [0.1, 0.15) is 5.69 Å². The van der Waals surface area contributed by atoms with Gasteiger partial charge in [-0.15, -0.1) is 0 Å². The lowest BCUT2D eigenvalue weighted by Gasteiger charge is -2.30. The van der Waals surface area contributed by atoms with Crippen LogP contribution in [-0.4, -0.2) is 92.2 Å². The van der Waals surface area contributed by atoms with Gasteiger partial charge in [-0.05, 0) is 73.2 Å². The van der Waals surface area contributed by atoms with Gasteiger partial charge in [-0.25, -0.2) is 9.97 Å². The Morgan fingerprint density at radius 1 is 0.960 bits per heavy atom. The van der Waals surface area contributed by atoms with Gasteiger partial charge in [-0.2, -0.15) is 5.10 Å². The summed E-state index contributed by atoms with van der Waals surface area (Å²) >= 11 is 0. The van der Waals surface area contributed by atoms with Crippen LogP contribution in [0.1, 0.15) is 50.3 Å². The Labute approximate surface area is 291 Å². The number of methoxy groups -OCH3 is 1. The molecule has 2 aliphatic heterocycles. The molecule has 0 bridgehead atoms. The van der Waals surface area contributed by atoms with Gasteiger partial charge in [0, 0.05) is 85.7 Å². The van der Waals surface area contributed by atoms with Crippen molar-refractivity contribution in [3.8, 4) is 22.6 Å². The van der Waals surface area contributed by atoms with E-state index in [1.165, 1.54) is 18.4 Å². The lowest BCUT2D eigenvalue weighted by atomic mass is 9.98. The summed E-state index contributed by atoms with van der Waals surface area (Å²) in [6.45, 7) is 2.38. The van der Waals surface area contributed by atoms with Crippen LogP contribution in [0.15, 0.2) is 85.3 Å². The number of carbonyl (C=O) groups is 2. The zero-order valence-electron chi connectivity index (χ0n) is 27.4. The van der Waals surface area contributed by atoms with Crippen molar-refractivity contribution in [1.29, 1.82) is 0 Å². The van der Waals surface area contributed by atoms with Gasteiger partial charge in [-0.1, -0.05) is 37.8 Å². The molecular formula is C39H42N8O3. The van der Waals surface area contributed by atoms with Crippen molar-refractivity contribution >= 4 is 34.0 Å². The second kappa shape index (κ2) is 13.9. The zero-order chi connectivity index (χ0) is 33.4. The molecule has 3 aliphatic rings. The molecule has 1 saturated heterocycles. The number of aromatic nitrogens is 5. The molecule has 2 aromatic carbocycles. The number of amides is 2. The number of ether oxygens (including phenoxy) is 1. The SMILES string of the molecule is C.CO[C@@]1(C(=O)Nc2ccc3[nH]nc(-c4ccnc(C5CC5)c4)c3c2)CCN(CC(=O)N2CC=C(c3ccc(-c4ncccn4)cc3)CC2)C1.